The number of aliphatic carboxylic acids is 4. The Morgan fingerprint density at radius 2 is 1.38 bits per heavy atom. The van der Waals surface area contributed by atoms with Crippen LogP contribution in [0.15, 0.2) is 54.8 Å². The summed E-state index contributed by atoms with van der Waals surface area (Å²) in [5.74, 6) is -4.61. The summed E-state index contributed by atoms with van der Waals surface area (Å²) in [4.78, 5) is 45.2. The zero-order chi connectivity index (χ0) is 26.3. The van der Waals surface area contributed by atoms with Crippen molar-refractivity contribution in [3.8, 4) is 11.4 Å². The molecule has 0 bridgehead atoms. The van der Waals surface area contributed by atoms with E-state index < -0.39 is 35.6 Å². The second-order valence-corrected chi connectivity index (χ2v) is 5.89. The number of alkyl halides is 3. The summed E-state index contributed by atoms with van der Waals surface area (Å²) in [6, 6.07) is 5.06. The van der Waals surface area contributed by atoms with E-state index in [9.17, 15) is 32.3 Å². The van der Waals surface area contributed by atoms with Crippen LogP contribution in [0.25, 0.3) is 11.4 Å². The molecule has 0 amide bonds. The maximum absolute atomic E-state index is 12.6. The zero-order valence-electron chi connectivity index (χ0n) is 17.2. The summed E-state index contributed by atoms with van der Waals surface area (Å²) >= 11 is 0. The number of halogens is 3. The van der Waals surface area contributed by atoms with E-state index in [0.29, 0.717) is 48.7 Å². The Labute approximate surface area is 189 Å². The van der Waals surface area contributed by atoms with Gasteiger partial charge in [-0.15, -0.1) is 0 Å². The Morgan fingerprint density at radius 3 is 1.76 bits per heavy atom. The second kappa shape index (κ2) is 14.6. The average molecular weight is 487 g/mol. The van der Waals surface area contributed by atoms with Gasteiger partial charge in [-0.25, -0.2) is 24.2 Å². The van der Waals surface area contributed by atoms with Crippen LogP contribution in [0.4, 0.5) is 13.2 Å². The predicted molar refractivity (Wildman–Crippen MR) is 111 cm³/mol. The van der Waals surface area contributed by atoms with Gasteiger partial charge in [-0.3, -0.25) is 0 Å². The molecule has 0 saturated carbocycles. The van der Waals surface area contributed by atoms with E-state index >= 15 is 0 Å². The number of imidazole rings is 1. The number of nitrogens with zero attached hydrogens (tertiary/aromatic N) is 1. The molecule has 0 atom stereocenters. The van der Waals surface area contributed by atoms with Gasteiger partial charge in [0.05, 0.1) is 5.56 Å². The van der Waals surface area contributed by atoms with Gasteiger partial charge in [0.2, 0.25) is 0 Å². The van der Waals surface area contributed by atoms with Crippen LogP contribution in [0, 0.1) is 0 Å². The monoisotopic (exact) mass is 487 g/mol. The van der Waals surface area contributed by atoms with Crippen molar-refractivity contribution in [2.75, 3.05) is 6.54 Å². The average Bonchev–Trinajstić information content (AvgIpc) is 3.20. The van der Waals surface area contributed by atoms with Crippen LogP contribution in [-0.2, 0) is 31.8 Å². The summed E-state index contributed by atoms with van der Waals surface area (Å²) in [7, 11) is 0. The lowest BCUT2D eigenvalue weighted by Gasteiger charge is -2.07. The Hall–Kier alpha value is -4.46. The molecule has 1 aromatic heterocycles. The van der Waals surface area contributed by atoms with Gasteiger partial charge in [0.15, 0.2) is 0 Å². The number of benzene rings is 1. The van der Waals surface area contributed by atoms with Gasteiger partial charge >= 0.3 is 30.1 Å². The van der Waals surface area contributed by atoms with Crippen molar-refractivity contribution in [1.82, 2.24) is 9.97 Å². The number of carbonyl (C=O) groups is 4. The van der Waals surface area contributed by atoms with E-state index in [1.54, 1.807) is 12.3 Å². The molecule has 184 valence electrons. The van der Waals surface area contributed by atoms with Gasteiger partial charge in [0.1, 0.15) is 5.82 Å². The number of H-pyrrole nitrogens is 1. The Morgan fingerprint density at radius 1 is 0.912 bits per heavy atom. The van der Waals surface area contributed by atoms with Crippen LogP contribution in [0.1, 0.15) is 11.3 Å². The number of nitrogens with two attached hydrogens (primary N) is 1. The van der Waals surface area contributed by atoms with Crippen molar-refractivity contribution in [3.05, 3.63) is 66.0 Å². The zero-order valence-corrected chi connectivity index (χ0v) is 17.2. The minimum absolute atomic E-state index is 0.410. The summed E-state index contributed by atoms with van der Waals surface area (Å²) in [6.45, 7) is 0.463. The molecule has 0 radical (unpaired) electrons. The van der Waals surface area contributed by atoms with Crippen LogP contribution < -0.4 is 5.73 Å². The molecule has 0 fully saturated rings. The molecule has 1 heterocycles. The first-order chi connectivity index (χ1) is 15.8. The number of nitrogens with one attached hydrogen (secondary N) is 1. The van der Waals surface area contributed by atoms with Gasteiger partial charge < -0.3 is 31.1 Å². The fraction of sp³-hybridized carbons (Fsp3) is 0.150. The maximum atomic E-state index is 12.6. The molecule has 2 aromatic rings. The van der Waals surface area contributed by atoms with Crippen LogP contribution >= 0.6 is 0 Å². The molecule has 0 spiro atoms. The van der Waals surface area contributed by atoms with Gasteiger partial charge in [0.25, 0.3) is 0 Å². The number of rotatable bonds is 7. The SMILES string of the molecule is NCCc1cnc(-c2cccc(C(F)(F)F)c2)[nH]1.O=C(O)C=CC(=O)O.O=C(O)C=CC(=O)O. The summed E-state index contributed by atoms with van der Waals surface area (Å²) in [6.07, 6.45) is 0.0897. The highest BCUT2D eigenvalue weighted by Gasteiger charge is 2.30. The molecule has 0 unspecified atom stereocenters. The second-order valence-electron chi connectivity index (χ2n) is 5.89. The number of aromatic amines is 1. The predicted octanol–water partition coefficient (Wildman–Crippen LogP) is 2.02. The molecule has 34 heavy (non-hydrogen) atoms. The molecule has 0 aliphatic heterocycles. The first kappa shape index (κ1) is 29.5. The lowest BCUT2D eigenvalue weighted by atomic mass is 10.1. The first-order valence-electron chi connectivity index (χ1n) is 8.95. The molecule has 0 aliphatic rings. The largest absolute Gasteiger partial charge is 0.478 e. The standard InChI is InChI=1S/C12H12F3N3.2C4H4O4/c13-12(14,15)9-3-1-2-8(6-9)11-17-7-10(18-11)4-5-16;2*5-3(6)1-2-4(7)8/h1-3,6-7H,4-5,16H2,(H,17,18);2*1-2H,(H,5,6)(H,7,8). The number of aromatic nitrogens is 2. The molecule has 11 nitrogen and oxygen atoms in total. The molecule has 0 saturated heterocycles. The summed E-state index contributed by atoms with van der Waals surface area (Å²) in [5, 5.41) is 31.2. The van der Waals surface area contributed by atoms with Crippen LogP contribution in [0.3, 0.4) is 0 Å². The lowest BCUT2D eigenvalue weighted by molar-refractivity contribution is -0.137. The van der Waals surface area contributed by atoms with E-state index in [4.69, 9.17) is 26.2 Å². The van der Waals surface area contributed by atoms with E-state index in [2.05, 4.69) is 9.97 Å². The van der Waals surface area contributed by atoms with Crippen LogP contribution in [0.5, 0.6) is 0 Å². The lowest BCUT2D eigenvalue weighted by Crippen LogP contribution is -2.04. The number of hydrogen-bond donors (Lipinski definition) is 6. The van der Waals surface area contributed by atoms with Crippen molar-refractivity contribution in [2.24, 2.45) is 5.73 Å². The van der Waals surface area contributed by atoms with Crippen molar-refractivity contribution < 1.29 is 52.8 Å². The molecule has 2 rings (SSSR count). The molecular formula is C20H20F3N3O8. The summed E-state index contributed by atoms with van der Waals surface area (Å²) < 4.78 is 37.7. The highest BCUT2D eigenvalue weighted by molar-refractivity contribution is 5.90. The molecule has 7 N–H and O–H groups in total. The number of hydrogen-bond acceptors (Lipinski definition) is 6. The Kier molecular flexibility index (Phi) is 12.7. The number of carboxylic acid groups (broad SMARTS) is 4. The van der Waals surface area contributed by atoms with E-state index in [-0.39, 0.29) is 0 Å². The third-order valence-corrected chi connectivity index (χ3v) is 3.24. The maximum Gasteiger partial charge on any atom is 0.416 e. The molecule has 1 aromatic carbocycles. The van der Waals surface area contributed by atoms with Crippen molar-refractivity contribution in [3.63, 3.8) is 0 Å². The molecular weight excluding hydrogens is 467 g/mol. The Balaban J connectivity index is 0.000000570. The summed E-state index contributed by atoms with van der Waals surface area (Å²) in [5.41, 5.74) is 5.93. The van der Waals surface area contributed by atoms with Gasteiger partial charge in [-0.05, 0) is 18.7 Å². The quantitative estimate of drug-likeness (QED) is 0.313. The fourth-order valence-corrected chi connectivity index (χ4v) is 1.92. The fourth-order valence-electron chi connectivity index (χ4n) is 1.92. The van der Waals surface area contributed by atoms with E-state index in [1.807, 2.05) is 0 Å². The van der Waals surface area contributed by atoms with Gasteiger partial charge in [-0.2, -0.15) is 13.2 Å². The highest BCUT2D eigenvalue weighted by atomic mass is 19.4. The minimum atomic E-state index is -4.34. The van der Waals surface area contributed by atoms with Crippen LogP contribution in [-0.4, -0.2) is 60.8 Å². The van der Waals surface area contributed by atoms with Gasteiger partial charge in [0, 0.05) is 48.2 Å². The topological polar surface area (TPSA) is 204 Å². The van der Waals surface area contributed by atoms with Gasteiger partial charge in [-0.1, -0.05) is 12.1 Å². The van der Waals surface area contributed by atoms with Crippen molar-refractivity contribution in [1.29, 1.82) is 0 Å². The molecule has 0 aliphatic carbocycles. The van der Waals surface area contributed by atoms with Crippen molar-refractivity contribution >= 4 is 23.9 Å². The highest BCUT2D eigenvalue weighted by Crippen LogP contribution is 2.31. The Bertz CT molecular complexity index is 980. The number of carboxylic acids is 4. The van der Waals surface area contributed by atoms with E-state index in [1.165, 1.54) is 6.07 Å². The first-order valence-corrected chi connectivity index (χ1v) is 8.95. The van der Waals surface area contributed by atoms with Crippen LogP contribution in [0.2, 0.25) is 0 Å². The van der Waals surface area contributed by atoms with E-state index in [0.717, 1.165) is 17.8 Å². The normalized spacial score (nSPS) is 10.7. The smallest absolute Gasteiger partial charge is 0.416 e. The molecule has 14 heteroatoms. The minimum Gasteiger partial charge on any atom is -0.478 e. The third kappa shape index (κ3) is 13.8. The van der Waals surface area contributed by atoms with Crippen molar-refractivity contribution in [2.45, 2.75) is 12.6 Å². The third-order valence-electron chi connectivity index (χ3n) is 3.24.